The Balaban J connectivity index is 2.16. The predicted molar refractivity (Wildman–Crippen MR) is 61.4 cm³/mol. The third-order valence-corrected chi connectivity index (χ3v) is 2.98. The molecule has 5 nitrogen and oxygen atoms in total. The lowest BCUT2D eigenvalue weighted by molar-refractivity contribution is -0.126. The van der Waals surface area contributed by atoms with Crippen LogP contribution in [0.1, 0.15) is 38.5 Å². The van der Waals surface area contributed by atoms with E-state index in [-0.39, 0.29) is 23.8 Å². The van der Waals surface area contributed by atoms with Crippen molar-refractivity contribution in [2.75, 3.05) is 6.54 Å². The quantitative estimate of drug-likeness (QED) is 0.571. The van der Waals surface area contributed by atoms with E-state index in [2.05, 4.69) is 5.32 Å². The topological polar surface area (TPSA) is 98.2 Å². The highest BCUT2D eigenvalue weighted by atomic mass is 16.2. The highest BCUT2D eigenvalue weighted by Crippen LogP contribution is 2.22. The number of hydrogen-bond donors (Lipinski definition) is 3. The molecule has 0 radical (unpaired) electrons. The summed E-state index contributed by atoms with van der Waals surface area (Å²) >= 11 is 0. The minimum atomic E-state index is -0.325. The molecule has 1 fully saturated rings. The Kier molecular flexibility index (Phi) is 5.25. The lowest BCUT2D eigenvalue weighted by atomic mass is 9.85. The van der Waals surface area contributed by atoms with Crippen LogP contribution in [0.15, 0.2) is 0 Å². The minimum absolute atomic E-state index is 0.0531. The van der Waals surface area contributed by atoms with Gasteiger partial charge >= 0.3 is 0 Å². The Morgan fingerprint density at radius 2 is 2.06 bits per heavy atom. The van der Waals surface area contributed by atoms with Crippen LogP contribution in [0.5, 0.6) is 0 Å². The van der Waals surface area contributed by atoms with Crippen LogP contribution in [0.3, 0.4) is 0 Å². The smallest absolute Gasteiger partial charge is 0.223 e. The van der Waals surface area contributed by atoms with Crippen LogP contribution >= 0.6 is 0 Å². The molecular formula is C11H21N3O2. The molecule has 2 amide bonds. The second-order valence-corrected chi connectivity index (χ2v) is 4.48. The number of amides is 2. The van der Waals surface area contributed by atoms with Crippen LogP contribution in [0.2, 0.25) is 0 Å². The molecule has 92 valence electrons. The molecule has 0 aromatic heterocycles. The van der Waals surface area contributed by atoms with Gasteiger partial charge in [-0.25, -0.2) is 0 Å². The Bertz CT molecular complexity index is 256. The van der Waals surface area contributed by atoms with E-state index in [4.69, 9.17) is 11.5 Å². The van der Waals surface area contributed by atoms with Gasteiger partial charge in [-0.05, 0) is 25.7 Å². The molecule has 5 N–H and O–H groups in total. The number of carbonyl (C=O) groups is 2. The fraction of sp³-hybridized carbons (Fsp3) is 0.818. The van der Waals surface area contributed by atoms with Crippen LogP contribution in [0.4, 0.5) is 0 Å². The summed E-state index contributed by atoms with van der Waals surface area (Å²) in [7, 11) is 0. The van der Waals surface area contributed by atoms with Gasteiger partial charge in [-0.15, -0.1) is 0 Å². The van der Waals surface area contributed by atoms with Crippen molar-refractivity contribution in [2.24, 2.45) is 17.4 Å². The van der Waals surface area contributed by atoms with Crippen molar-refractivity contribution >= 4 is 11.8 Å². The fourth-order valence-electron chi connectivity index (χ4n) is 2.08. The van der Waals surface area contributed by atoms with Crippen LogP contribution in [-0.4, -0.2) is 24.4 Å². The van der Waals surface area contributed by atoms with Gasteiger partial charge in [0.25, 0.3) is 0 Å². The van der Waals surface area contributed by atoms with Crippen molar-refractivity contribution in [3.8, 4) is 0 Å². The first-order chi connectivity index (χ1) is 7.59. The van der Waals surface area contributed by atoms with Gasteiger partial charge in [0.15, 0.2) is 0 Å². The number of rotatable bonds is 5. The van der Waals surface area contributed by atoms with Gasteiger partial charge in [0.1, 0.15) is 0 Å². The van der Waals surface area contributed by atoms with Crippen molar-refractivity contribution in [3.63, 3.8) is 0 Å². The van der Waals surface area contributed by atoms with Crippen LogP contribution in [0, 0.1) is 5.92 Å². The lowest BCUT2D eigenvalue weighted by Gasteiger charge is -2.25. The standard InChI is InChI=1S/C11H21N3O2/c12-9-4-1-3-8(7-9)11(16)14-6-2-5-10(13)15/h8-9H,1-7,12H2,(H2,13,15)(H,14,16). The molecule has 0 bridgehead atoms. The highest BCUT2D eigenvalue weighted by molar-refractivity contribution is 5.79. The predicted octanol–water partition coefficient (Wildman–Crippen LogP) is -0.114. The zero-order chi connectivity index (χ0) is 12.0. The zero-order valence-electron chi connectivity index (χ0n) is 9.58. The maximum Gasteiger partial charge on any atom is 0.223 e. The van der Waals surface area contributed by atoms with Crippen LogP contribution in [-0.2, 0) is 9.59 Å². The lowest BCUT2D eigenvalue weighted by Crippen LogP contribution is -2.38. The molecular weight excluding hydrogens is 206 g/mol. The molecule has 1 aliphatic carbocycles. The van der Waals surface area contributed by atoms with Gasteiger partial charge in [0.05, 0.1) is 0 Å². The molecule has 0 saturated heterocycles. The van der Waals surface area contributed by atoms with Gasteiger partial charge in [-0.3, -0.25) is 9.59 Å². The summed E-state index contributed by atoms with van der Waals surface area (Å²) in [5.41, 5.74) is 10.8. The summed E-state index contributed by atoms with van der Waals surface area (Å²) in [5, 5.41) is 2.83. The van der Waals surface area contributed by atoms with E-state index < -0.39 is 0 Å². The van der Waals surface area contributed by atoms with Gasteiger partial charge < -0.3 is 16.8 Å². The molecule has 1 aliphatic rings. The monoisotopic (exact) mass is 227 g/mol. The summed E-state index contributed by atoms with van der Waals surface area (Å²) in [4.78, 5) is 22.2. The van der Waals surface area contributed by atoms with Gasteiger partial charge in [-0.2, -0.15) is 0 Å². The minimum Gasteiger partial charge on any atom is -0.370 e. The van der Waals surface area contributed by atoms with Gasteiger partial charge in [0, 0.05) is 24.9 Å². The Hall–Kier alpha value is -1.10. The normalized spacial score (nSPS) is 25.1. The highest BCUT2D eigenvalue weighted by Gasteiger charge is 2.24. The molecule has 0 spiro atoms. The first-order valence-corrected chi connectivity index (χ1v) is 5.91. The Morgan fingerprint density at radius 1 is 1.31 bits per heavy atom. The molecule has 0 heterocycles. The first kappa shape index (κ1) is 13.0. The van der Waals surface area contributed by atoms with E-state index in [0.29, 0.717) is 19.4 Å². The van der Waals surface area contributed by atoms with Crippen molar-refractivity contribution in [1.29, 1.82) is 0 Å². The summed E-state index contributed by atoms with van der Waals surface area (Å²) in [6, 6.07) is 0.162. The van der Waals surface area contributed by atoms with Crippen molar-refractivity contribution < 1.29 is 9.59 Å². The zero-order valence-corrected chi connectivity index (χ0v) is 9.58. The summed E-state index contributed by atoms with van der Waals surface area (Å²) in [6.45, 7) is 0.521. The average Bonchev–Trinajstić information content (AvgIpc) is 2.24. The second kappa shape index (κ2) is 6.48. The summed E-state index contributed by atoms with van der Waals surface area (Å²) < 4.78 is 0. The van der Waals surface area contributed by atoms with E-state index in [0.717, 1.165) is 25.7 Å². The van der Waals surface area contributed by atoms with Gasteiger partial charge in [-0.1, -0.05) is 6.42 Å². The largest absolute Gasteiger partial charge is 0.370 e. The summed E-state index contributed by atoms with van der Waals surface area (Å²) in [6.07, 6.45) is 4.69. The Morgan fingerprint density at radius 3 is 2.69 bits per heavy atom. The van der Waals surface area contributed by atoms with Gasteiger partial charge in [0.2, 0.25) is 11.8 Å². The third-order valence-electron chi connectivity index (χ3n) is 2.98. The van der Waals surface area contributed by atoms with E-state index in [1.165, 1.54) is 0 Å². The van der Waals surface area contributed by atoms with E-state index >= 15 is 0 Å². The molecule has 0 aliphatic heterocycles. The van der Waals surface area contributed by atoms with Crippen molar-refractivity contribution in [1.82, 2.24) is 5.32 Å². The van der Waals surface area contributed by atoms with E-state index in [1.54, 1.807) is 0 Å². The Labute approximate surface area is 95.9 Å². The van der Waals surface area contributed by atoms with Crippen LogP contribution < -0.4 is 16.8 Å². The molecule has 0 aromatic rings. The molecule has 5 heteroatoms. The number of nitrogens with two attached hydrogens (primary N) is 2. The SMILES string of the molecule is NC(=O)CCCNC(=O)C1CCCC(N)C1. The molecule has 16 heavy (non-hydrogen) atoms. The van der Waals surface area contributed by atoms with E-state index in [1.807, 2.05) is 0 Å². The molecule has 1 saturated carbocycles. The molecule has 1 rings (SSSR count). The summed E-state index contributed by atoms with van der Waals surface area (Å²) in [5.74, 6) is -0.203. The maximum absolute atomic E-state index is 11.7. The fourth-order valence-corrected chi connectivity index (χ4v) is 2.08. The molecule has 2 atom stereocenters. The van der Waals surface area contributed by atoms with Crippen molar-refractivity contribution in [2.45, 2.75) is 44.6 Å². The third kappa shape index (κ3) is 4.61. The van der Waals surface area contributed by atoms with Crippen LogP contribution in [0.25, 0.3) is 0 Å². The molecule has 2 unspecified atom stereocenters. The molecule has 0 aromatic carbocycles. The maximum atomic E-state index is 11.7. The first-order valence-electron chi connectivity index (χ1n) is 5.91. The van der Waals surface area contributed by atoms with E-state index in [9.17, 15) is 9.59 Å². The average molecular weight is 227 g/mol. The number of nitrogens with one attached hydrogen (secondary N) is 1. The van der Waals surface area contributed by atoms with Crippen molar-refractivity contribution in [3.05, 3.63) is 0 Å². The second-order valence-electron chi connectivity index (χ2n) is 4.48. The number of primary amides is 1. The number of carbonyl (C=O) groups excluding carboxylic acids is 2. The number of hydrogen-bond acceptors (Lipinski definition) is 3.